The maximum atomic E-state index is 9.28. The molecule has 0 aliphatic heterocycles. The first-order chi connectivity index (χ1) is 6.53. The quantitative estimate of drug-likeness (QED) is 0.841. The lowest BCUT2D eigenvalue weighted by Crippen LogP contribution is -2.40. The van der Waals surface area contributed by atoms with Crippen molar-refractivity contribution in [1.82, 2.24) is 5.32 Å². The first kappa shape index (κ1) is 11.8. The zero-order chi connectivity index (χ0) is 10.8. The summed E-state index contributed by atoms with van der Waals surface area (Å²) in [6.07, 6.45) is 0. The second kappa shape index (κ2) is 4.49. The van der Waals surface area contributed by atoms with Crippen molar-refractivity contribution >= 4 is 23.2 Å². The van der Waals surface area contributed by atoms with Gasteiger partial charge in [0.05, 0.1) is 12.1 Å². The Morgan fingerprint density at radius 1 is 1.43 bits per heavy atom. The summed E-state index contributed by atoms with van der Waals surface area (Å²) >= 11 is 11.8. The lowest BCUT2D eigenvalue weighted by atomic mass is 9.93. The molecule has 14 heavy (non-hydrogen) atoms. The Kier molecular flexibility index (Phi) is 3.78. The topological polar surface area (TPSA) is 32.3 Å². The molecular weight excluding hydrogens is 221 g/mol. The Bertz CT molecular complexity index is 324. The second-order valence-electron chi connectivity index (χ2n) is 3.36. The normalized spacial score (nSPS) is 15.2. The van der Waals surface area contributed by atoms with Gasteiger partial charge in [0, 0.05) is 10.0 Å². The van der Waals surface area contributed by atoms with Crippen LogP contribution in [-0.2, 0) is 5.54 Å². The molecular formula is C10H13Cl2NO. The second-order valence-corrected chi connectivity index (χ2v) is 4.21. The zero-order valence-electron chi connectivity index (χ0n) is 8.14. The molecule has 1 aromatic carbocycles. The third kappa shape index (κ3) is 2.20. The van der Waals surface area contributed by atoms with Gasteiger partial charge < -0.3 is 10.4 Å². The number of nitrogens with one attached hydrogen (secondary N) is 1. The van der Waals surface area contributed by atoms with Crippen LogP contribution in [0.25, 0.3) is 0 Å². The number of hydrogen-bond acceptors (Lipinski definition) is 2. The molecule has 78 valence electrons. The van der Waals surface area contributed by atoms with E-state index in [2.05, 4.69) is 5.32 Å². The summed E-state index contributed by atoms with van der Waals surface area (Å²) in [6.45, 7) is 1.85. The van der Waals surface area contributed by atoms with Crippen LogP contribution in [0.15, 0.2) is 18.2 Å². The molecule has 0 saturated heterocycles. The van der Waals surface area contributed by atoms with Crippen LogP contribution in [0.3, 0.4) is 0 Å². The average Bonchev–Trinajstić information content (AvgIpc) is 2.17. The van der Waals surface area contributed by atoms with Gasteiger partial charge in [-0.2, -0.15) is 0 Å². The molecule has 1 atom stereocenters. The van der Waals surface area contributed by atoms with Gasteiger partial charge in [-0.25, -0.2) is 0 Å². The standard InChI is InChI=1S/C10H13Cl2NO/c1-10(6-14,13-2)8-4-3-7(11)5-9(8)12/h3-5,13-14H,6H2,1-2H3. The van der Waals surface area contributed by atoms with Crippen molar-refractivity contribution in [3.05, 3.63) is 33.8 Å². The molecule has 1 aromatic rings. The molecule has 0 bridgehead atoms. The summed E-state index contributed by atoms with van der Waals surface area (Å²) in [5.74, 6) is 0. The number of aliphatic hydroxyl groups is 1. The maximum absolute atomic E-state index is 9.28. The van der Waals surface area contributed by atoms with E-state index in [0.717, 1.165) is 5.56 Å². The van der Waals surface area contributed by atoms with Crippen molar-refractivity contribution in [2.45, 2.75) is 12.5 Å². The molecule has 1 rings (SSSR count). The predicted octanol–water partition coefficient (Wildman–Crippen LogP) is 2.42. The highest BCUT2D eigenvalue weighted by Crippen LogP contribution is 2.29. The van der Waals surface area contributed by atoms with E-state index in [1.165, 1.54) is 0 Å². The molecule has 0 aliphatic rings. The monoisotopic (exact) mass is 233 g/mol. The zero-order valence-corrected chi connectivity index (χ0v) is 9.65. The highest BCUT2D eigenvalue weighted by Gasteiger charge is 2.25. The Labute approximate surface area is 93.8 Å². The van der Waals surface area contributed by atoms with Gasteiger partial charge in [0.1, 0.15) is 0 Å². The number of aliphatic hydroxyl groups excluding tert-OH is 1. The molecule has 4 heteroatoms. The van der Waals surface area contributed by atoms with Crippen LogP contribution in [0.1, 0.15) is 12.5 Å². The third-order valence-corrected chi connectivity index (χ3v) is 2.94. The molecule has 2 N–H and O–H groups in total. The average molecular weight is 234 g/mol. The lowest BCUT2D eigenvalue weighted by molar-refractivity contribution is 0.183. The Balaban J connectivity index is 3.17. The fourth-order valence-corrected chi connectivity index (χ4v) is 1.85. The van der Waals surface area contributed by atoms with Gasteiger partial charge in [-0.15, -0.1) is 0 Å². The Morgan fingerprint density at radius 2 is 2.07 bits per heavy atom. The van der Waals surface area contributed by atoms with Gasteiger partial charge in [0.15, 0.2) is 0 Å². The molecule has 0 amide bonds. The highest BCUT2D eigenvalue weighted by atomic mass is 35.5. The van der Waals surface area contributed by atoms with Crippen molar-refractivity contribution in [2.24, 2.45) is 0 Å². The summed E-state index contributed by atoms with van der Waals surface area (Å²) in [5, 5.41) is 13.5. The van der Waals surface area contributed by atoms with Crippen LogP contribution in [0.2, 0.25) is 10.0 Å². The molecule has 0 saturated carbocycles. The van der Waals surface area contributed by atoms with E-state index in [4.69, 9.17) is 23.2 Å². The van der Waals surface area contributed by atoms with Crippen LogP contribution in [0.5, 0.6) is 0 Å². The van der Waals surface area contributed by atoms with E-state index in [0.29, 0.717) is 10.0 Å². The molecule has 0 aliphatic carbocycles. The van der Waals surface area contributed by atoms with Crippen molar-refractivity contribution in [1.29, 1.82) is 0 Å². The molecule has 1 unspecified atom stereocenters. The minimum absolute atomic E-state index is 0.0230. The van der Waals surface area contributed by atoms with Crippen molar-refractivity contribution in [3.8, 4) is 0 Å². The summed E-state index contributed by atoms with van der Waals surface area (Å²) in [5.41, 5.74) is 0.315. The van der Waals surface area contributed by atoms with Gasteiger partial charge in [0.25, 0.3) is 0 Å². The van der Waals surface area contributed by atoms with Gasteiger partial charge >= 0.3 is 0 Å². The van der Waals surface area contributed by atoms with E-state index in [9.17, 15) is 5.11 Å². The molecule has 0 radical (unpaired) electrons. The van der Waals surface area contributed by atoms with Gasteiger partial charge in [-0.3, -0.25) is 0 Å². The molecule has 0 heterocycles. The van der Waals surface area contributed by atoms with Crippen LogP contribution in [0.4, 0.5) is 0 Å². The lowest BCUT2D eigenvalue weighted by Gasteiger charge is -2.28. The summed E-state index contributed by atoms with van der Waals surface area (Å²) in [6, 6.07) is 5.25. The van der Waals surface area contributed by atoms with E-state index in [-0.39, 0.29) is 6.61 Å². The summed E-state index contributed by atoms with van der Waals surface area (Å²) < 4.78 is 0. The van der Waals surface area contributed by atoms with E-state index >= 15 is 0 Å². The van der Waals surface area contributed by atoms with Crippen LogP contribution >= 0.6 is 23.2 Å². The fourth-order valence-electron chi connectivity index (χ4n) is 1.24. The number of halogens is 2. The van der Waals surface area contributed by atoms with Crippen LogP contribution in [-0.4, -0.2) is 18.8 Å². The fraction of sp³-hybridized carbons (Fsp3) is 0.400. The Morgan fingerprint density at radius 3 is 2.50 bits per heavy atom. The van der Waals surface area contributed by atoms with Gasteiger partial charge in [-0.1, -0.05) is 29.3 Å². The first-order valence-corrected chi connectivity index (χ1v) is 5.04. The Hall–Kier alpha value is -0.280. The van der Waals surface area contributed by atoms with Crippen LogP contribution in [0, 0.1) is 0 Å². The number of likely N-dealkylation sites (N-methyl/N-ethyl adjacent to an activating group) is 1. The van der Waals surface area contributed by atoms with Crippen molar-refractivity contribution in [3.63, 3.8) is 0 Å². The van der Waals surface area contributed by atoms with Gasteiger partial charge in [-0.05, 0) is 31.7 Å². The summed E-state index contributed by atoms with van der Waals surface area (Å²) in [7, 11) is 1.78. The largest absolute Gasteiger partial charge is 0.394 e. The molecule has 2 nitrogen and oxygen atoms in total. The molecule has 0 spiro atoms. The molecule has 0 aromatic heterocycles. The van der Waals surface area contributed by atoms with Crippen molar-refractivity contribution in [2.75, 3.05) is 13.7 Å². The minimum Gasteiger partial charge on any atom is -0.394 e. The number of benzene rings is 1. The predicted molar refractivity (Wildman–Crippen MR) is 60.0 cm³/mol. The number of rotatable bonds is 3. The van der Waals surface area contributed by atoms with Crippen molar-refractivity contribution < 1.29 is 5.11 Å². The minimum atomic E-state index is -0.526. The molecule has 0 fully saturated rings. The van der Waals surface area contributed by atoms with Gasteiger partial charge in [0.2, 0.25) is 0 Å². The maximum Gasteiger partial charge on any atom is 0.0653 e. The summed E-state index contributed by atoms with van der Waals surface area (Å²) in [4.78, 5) is 0. The van der Waals surface area contributed by atoms with Crippen LogP contribution < -0.4 is 5.32 Å². The third-order valence-electron chi connectivity index (χ3n) is 2.39. The SMILES string of the molecule is CNC(C)(CO)c1ccc(Cl)cc1Cl. The smallest absolute Gasteiger partial charge is 0.0653 e. The van der Waals surface area contributed by atoms with E-state index in [1.807, 2.05) is 13.0 Å². The van der Waals surface area contributed by atoms with E-state index < -0.39 is 5.54 Å². The number of hydrogen-bond donors (Lipinski definition) is 2. The first-order valence-electron chi connectivity index (χ1n) is 4.29. The van der Waals surface area contributed by atoms with E-state index in [1.54, 1.807) is 19.2 Å². The highest BCUT2D eigenvalue weighted by molar-refractivity contribution is 6.35.